The molecule has 0 fully saturated rings. The smallest absolute Gasteiger partial charge is 0.132 e. The van der Waals surface area contributed by atoms with Crippen molar-refractivity contribution in [1.82, 2.24) is 0 Å². The lowest BCUT2D eigenvalue weighted by Crippen LogP contribution is -1.97. The van der Waals surface area contributed by atoms with Crippen LogP contribution in [0.4, 0.5) is 4.39 Å². The number of halogens is 4. The van der Waals surface area contributed by atoms with Gasteiger partial charge in [-0.1, -0.05) is 49.5 Å². The minimum atomic E-state index is -0.259. The van der Waals surface area contributed by atoms with E-state index in [2.05, 4.69) is 31.9 Å². The van der Waals surface area contributed by atoms with E-state index in [0.717, 1.165) is 28.2 Å². The van der Waals surface area contributed by atoms with Gasteiger partial charge in [-0.3, -0.25) is 0 Å². The lowest BCUT2D eigenvalue weighted by Gasteiger charge is -2.14. The number of hydrogen-bond acceptors (Lipinski definition) is 1. The van der Waals surface area contributed by atoms with Crippen molar-refractivity contribution in [1.29, 1.82) is 0 Å². The Bertz CT molecular complexity index is 619. The Morgan fingerprint density at radius 1 is 0.905 bits per heavy atom. The second kappa shape index (κ2) is 8.16. The van der Waals surface area contributed by atoms with E-state index in [1.54, 1.807) is 12.1 Å². The molecule has 0 saturated heterocycles. The van der Waals surface area contributed by atoms with Crippen LogP contribution in [0.5, 0.6) is 11.5 Å². The Balaban J connectivity index is 2.35. The molecule has 2 aromatic rings. The number of aryl methyl sites for hydroxylation is 2. The molecular formula is C16H14Br2ClFO. The average Bonchev–Trinajstić information content (AvgIpc) is 2.45. The van der Waals surface area contributed by atoms with Gasteiger partial charge in [0.2, 0.25) is 0 Å². The Labute approximate surface area is 145 Å². The molecule has 0 atom stereocenters. The van der Waals surface area contributed by atoms with Crippen LogP contribution in [-0.4, -0.2) is 10.7 Å². The highest BCUT2D eigenvalue weighted by Crippen LogP contribution is 2.32. The van der Waals surface area contributed by atoms with E-state index >= 15 is 0 Å². The molecule has 0 unspecified atom stereocenters. The van der Waals surface area contributed by atoms with Crippen molar-refractivity contribution in [3.8, 4) is 11.5 Å². The van der Waals surface area contributed by atoms with E-state index < -0.39 is 0 Å². The summed E-state index contributed by atoms with van der Waals surface area (Å²) in [5, 5.41) is 2.20. The van der Waals surface area contributed by atoms with Crippen LogP contribution in [0.3, 0.4) is 0 Å². The molecule has 0 bridgehead atoms. The largest absolute Gasteiger partial charge is 0.457 e. The van der Waals surface area contributed by atoms with Gasteiger partial charge in [-0.05, 0) is 54.3 Å². The van der Waals surface area contributed by atoms with Gasteiger partial charge >= 0.3 is 0 Å². The molecule has 112 valence electrons. The fourth-order valence-electron chi connectivity index (χ4n) is 1.99. The molecule has 0 heterocycles. The quantitative estimate of drug-likeness (QED) is 0.494. The molecule has 2 aromatic carbocycles. The topological polar surface area (TPSA) is 9.23 Å². The van der Waals surface area contributed by atoms with Crippen molar-refractivity contribution >= 4 is 43.5 Å². The third kappa shape index (κ3) is 4.70. The maximum absolute atomic E-state index is 13.4. The fourth-order valence-corrected chi connectivity index (χ4v) is 3.01. The Morgan fingerprint density at radius 3 is 2.33 bits per heavy atom. The molecule has 0 aliphatic heterocycles. The maximum atomic E-state index is 13.4. The molecule has 0 aliphatic rings. The Morgan fingerprint density at radius 2 is 1.62 bits per heavy atom. The second-order valence-corrected chi connectivity index (χ2v) is 6.51. The van der Waals surface area contributed by atoms with Gasteiger partial charge in [0.25, 0.3) is 0 Å². The van der Waals surface area contributed by atoms with E-state index in [1.807, 2.05) is 12.1 Å². The van der Waals surface area contributed by atoms with Crippen molar-refractivity contribution < 1.29 is 9.13 Å². The first-order valence-corrected chi connectivity index (χ1v) is 9.12. The van der Waals surface area contributed by atoms with Crippen LogP contribution < -0.4 is 4.74 Å². The molecular weight excluding hydrogens is 422 g/mol. The minimum absolute atomic E-state index is 0.259. The second-order valence-electron chi connectivity index (χ2n) is 4.48. The van der Waals surface area contributed by atoms with Crippen molar-refractivity contribution in [2.24, 2.45) is 0 Å². The van der Waals surface area contributed by atoms with Crippen LogP contribution >= 0.6 is 43.5 Å². The van der Waals surface area contributed by atoms with Crippen LogP contribution in [0, 0.1) is 5.82 Å². The third-order valence-electron chi connectivity index (χ3n) is 3.00. The Kier molecular flexibility index (Phi) is 6.52. The van der Waals surface area contributed by atoms with Crippen molar-refractivity contribution in [3.63, 3.8) is 0 Å². The lowest BCUT2D eigenvalue weighted by molar-refractivity contribution is 0.469. The maximum Gasteiger partial charge on any atom is 0.132 e. The molecule has 0 saturated carbocycles. The van der Waals surface area contributed by atoms with Crippen molar-refractivity contribution in [3.05, 3.63) is 58.4 Å². The van der Waals surface area contributed by atoms with Crippen molar-refractivity contribution in [2.45, 2.75) is 12.8 Å². The standard InChI is InChI=1S/C16H14Br2ClFO/c17-7-5-11-1-2-13(19)10-16(11)21-15-4-3-14(20)9-12(15)6-8-18/h1-4,9-10H,5-8H2. The Hall–Kier alpha value is -0.580. The van der Waals surface area contributed by atoms with Crippen LogP contribution in [0.2, 0.25) is 5.02 Å². The number of alkyl halides is 2. The zero-order chi connectivity index (χ0) is 15.2. The lowest BCUT2D eigenvalue weighted by atomic mass is 10.1. The van der Waals surface area contributed by atoms with Gasteiger partial charge in [0, 0.05) is 15.7 Å². The van der Waals surface area contributed by atoms with E-state index in [9.17, 15) is 4.39 Å². The molecule has 2 rings (SSSR count). The molecule has 5 heteroatoms. The minimum Gasteiger partial charge on any atom is -0.457 e. The molecule has 0 radical (unpaired) electrons. The summed E-state index contributed by atoms with van der Waals surface area (Å²) in [6.07, 6.45) is 1.53. The summed E-state index contributed by atoms with van der Waals surface area (Å²) in [6.45, 7) is 0. The molecule has 21 heavy (non-hydrogen) atoms. The summed E-state index contributed by atoms with van der Waals surface area (Å²) in [6, 6.07) is 10.2. The first-order valence-electron chi connectivity index (χ1n) is 6.50. The van der Waals surface area contributed by atoms with E-state index in [0.29, 0.717) is 22.9 Å². The van der Waals surface area contributed by atoms with Gasteiger partial charge in [-0.2, -0.15) is 0 Å². The summed E-state index contributed by atoms with van der Waals surface area (Å²) in [5.74, 6) is 1.11. The van der Waals surface area contributed by atoms with Gasteiger partial charge in [0.15, 0.2) is 0 Å². The van der Waals surface area contributed by atoms with E-state index in [4.69, 9.17) is 16.3 Å². The highest BCUT2D eigenvalue weighted by molar-refractivity contribution is 9.09. The fraction of sp³-hybridized carbons (Fsp3) is 0.250. The monoisotopic (exact) mass is 434 g/mol. The first kappa shape index (κ1) is 16.8. The molecule has 0 amide bonds. The summed E-state index contributed by atoms with van der Waals surface area (Å²) in [5.41, 5.74) is 1.89. The third-order valence-corrected chi connectivity index (χ3v) is 4.03. The van der Waals surface area contributed by atoms with Crippen LogP contribution in [0.25, 0.3) is 0 Å². The van der Waals surface area contributed by atoms with Gasteiger partial charge in [-0.25, -0.2) is 4.39 Å². The predicted octanol–water partition coefficient (Wildman–Crippen LogP) is 6.15. The first-order chi connectivity index (χ1) is 10.1. The van der Waals surface area contributed by atoms with Crippen molar-refractivity contribution in [2.75, 3.05) is 10.7 Å². The summed E-state index contributed by atoms with van der Waals surface area (Å²) < 4.78 is 19.4. The van der Waals surface area contributed by atoms with E-state index in [1.165, 1.54) is 12.1 Å². The molecule has 0 spiro atoms. The zero-order valence-corrected chi connectivity index (χ0v) is 15.1. The highest BCUT2D eigenvalue weighted by atomic mass is 79.9. The zero-order valence-electron chi connectivity index (χ0n) is 11.2. The van der Waals surface area contributed by atoms with Gasteiger partial charge < -0.3 is 4.74 Å². The van der Waals surface area contributed by atoms with Gasteiger partial charge in [0.1, 0.15) is 17.3 Å². The van der Waals surface area contributed by atoms with Gasteiger partial charge in [0.05, 0.1) is 0 Å². The summed E-state index contributed by atoms with van der Waals surface area (Å²) in [7, 11) is 0. The molecule has 1 nitrogen and oxygen atoms in total. The number of hydrogen-bond donors (Lipinski definition) is 0. The molecule has 0 N–H and O–H groups in total. The van der Waals surface area contributed by atoms with Crippen LogP contribution in [-0.2, 0) is 12.8 Å². The van der Waals surface area contributed by atoms with Crippen LogP contribution in [0.1, 0.15) is 11.1 Å². The normalized spacial score (nSPS) is 10.7. The number of rotatable bonds is 6. The average molecular weight is 437 g/mol. The molecule has 0 aliphatic carbocycles. The predicted molar refractivity (Wildman–Crippen MR) is 92.9 cm³/mol. The SMILES string of the molecule is Fc1ccc(Oc2cc(Cl)ccc2CCBr)c(CCBr)c1. The van der Waals surface area contributed by atoms with Gasteiger partial charge in [-0.15, -0.1) is 0 Å². The number of ether oxygens (including phenoxy) is 1. The highest BCUT2D eigenvalue weighted by Gasteiger charge is 2.10. The van der Waals surface area contributed by atoms with Crippen LogP contribution in [0.15, 0.2) is 36.4 Å². The number of benzene rings is 2. The van der Waals surface area contributed by atoms with E-state index in [-0.39, 0.29) is 5.82 Å². The summed E-state index contributed by atoms with van der Waals surface area (Å²) in [4.78, 5) is 0. The molecule has 0 aromatic heterocycles. The summed E-state index contributed by atoms with van der Waals surface area (Å²) >= 11 is 12.9.